The molecule has 0 bridgehead atoms. The summed E-state index contributed by atoms with van der Waals surface area (Å²) in [6.07, 6.45) is 6.43. The molecule has 2 aromatic rings. The smallest absolute Gasteiger partial charge is 0.261 e. The van der Waals surface area contributed by atoms with Crippen molar-refractivity contribution in [2.75, 3.05) is 10.0 Å². The van der Waals surface area contributed by atoms with Gasteiger partial charge in [0.15, 0.2) is 11.6 Å². The Morgan fingerprint density at radius 1 is 0.963 bits per heavy atom. The molecule has 0 spiro atoms. The van der Waals surface area contributed by atoms with Crippen molar-refractivity contribution in [2.45, 2.75) is 24.2 Å². The van der Waals surface area contributed by atoms with Gasteiger partial charge in [-0.3, -0.25) is 9.52 Å². The maximum absolute atomic E-state index is 13.3. The second-order valence-electron chi connectivity index (χ2n) is 6.23. The number of allylic oxidation sites excluding steroid dienone is 2. The van der Waals surface area contributed by atoms with Crippen LogP contribution in [0, 0.1) is 17.6 Å². The lowest BCUT2D eigenvalue weighted by Crippen LogP contribution is -2.23. The summed E-state index contributed by atoms with van der Waals surface area (Å²) >= 11 is 0. The Bertz CT molecular complexity index is 973. The van der Waals surface area contributed by atoms with Gasteiger partial charge < -0.3 is 5.32 Å². The van der Waals surface area contributed by atoms with Crippen LogP contribution in [0.5, 0.6) is 0 Å². The summed E-state index contributed by atoms with van der Waals surface area (Å²) < 4.78 is 53.0. The summed E-state index contributed by atoms with van der Waals surface area (Å²) in [5, 5.41) is 2.81. The molecule has 2 N–H and O–H groups in total. The molecule has 0 saturated heterocycles. The van der Waals surface area contributed by atoms with Crippen molar-refractivity contribution >= 4 is 27.3 Å². The summed E-state index contributed by atoms with van der Waals surface area (Å²) in [6.45, 7) is 0. The maximum atomic E-state index is 13.3. The van der Waals surface area contributed by atoms with Gasteiger partial charge in [-0.1, -0.05) is 12.2 Å². The van der Waals surface area contributed by atoms with E-state index in [2.05, 4.69) is 16.1 Å². The van der Waals surface area contributed by atoms with E-state index in [1.54, 1.807) is 12.1 Å². The number of hydrogen-bond acceptors (Lipinski definition) is 3. The Morgan fingerprint density at radius 3 is 2.30 bits per heavy atom. The van der Waals surface area contributed by atoms with Crippen molar-refractivity contribution in [3.8, 4) is 0 Å². The first-order valence-electron chi connectivity index (χ1n) is 8.39. The fraction of sp³-hybridized carbons (Fsp3) is 0.211. The van der Waals surface area contributed by atoms with Crippen LogP contribution in [-0.2, 0) is 14.8 Å². The van der Waals surface area contributed by atoms with Gasteiger partial charge >= 0.3 is 0 Å². The van der Waals surface area contributed by atoms with E-state index in [0.717, 1.165) is 25.0 Å². The molecule has 1 amide bonds. The highest BCUT2D eigenvalue weighted by atomic mass is 32.2. The van der Waals surface area contributed by atoms with Gasteiger partial charge in [0, 0.05) is 17.3 Å². The van der Waals surface area contributed by atoms with E-state index in [0.29, 0.717) is 18.2 Å². The lowest BCUT2D eigenvalue weighted by molar-refractivity contribution is -0.120. The van der Waals surface area contributed by atoms with Gasteiger partial charge in [-0.25, -0.2) is 17.2 Å². The molecule has 1 aliphatic carbocycles. The minimum absolute atomic E-state index is 0.0680. The van der Waals surface area contributed by atoms with Gasteiger partial charge in [-0.2, -0.15) is 0 Å². The van der Waals surface area contributed by atoms with E-state index in [1.165, 1.54) is 12.1 Å². The van der Waals surface area contributed by atoms with E-state index < -0.39 is 21.7 Å². The number of halogens is 2. The molecule has 8 heteroatoms. The number of hydrogen-bond donors (Lipinski definition) is 2. The Morgan fingerprint density at radius 2 is 1.67 bits per heavy atom. The van der Waals surface area contributed by atoms with Crippen LogP contribution >= 0.6 is 0 Å². The summed E-state index contributed by atoms with van der Waals surface area (Å²) in [4.78, 5) is 11.8. The van der Waals surface area contributed by atoms with E-state index in [9.17, 15) is 22.0 Å². The zero-order chi connectivity index (χ0) is 19.4. The van der Waals surface area contributed by atoms with Gasteiger partial charge in [-0.05, 0) is 61.7 Å². The second-order valence-corrected chi connectivity index (χ2v) is 7.91. The predicted octanol–water partition coefficient (Wildman–Crippen LogP) is 4.06. The van der Waals surface area contributed by atoms with Crippen molar-refractivity contribution in [1.82, 2.24) is 0 Å². The molecule has 0 unspecified atom stereocenters. The van der Waals surface area contributed by atoms with Crippen molar-refractivity contribution in [2.24, 2.45) is 5.92 Å². The fourth-order valence-corrected chi connectivity index (χ4v) is 3.83. The van der Waals surface area contributed by atoms with E-state index in [1.807, 2.05) is 6.08 Å². The first-order chi connectivity index (χ1) is 12.8. The molecule has 142 valence electrons. The molecular weight excluding hydrogens is 374 g/mol. The standard InChI is InChI=1S/C19H18F2N2O3S/c20-17-11-10-16(12-18(17)21)27(25,26)23-15-8-6-14(7-9-15)22-19(24)13-4-2-1-3-5-13/h1-2,6-13,23H,3-5H2,(H,22,24)/t13-/m1/s1. The zero-order valence-electron chi connectivity index (χ0n) is 14.3. The summed E-state index contributed by atoms with van der Waals surface area (Å²) in [7, 11) is -4.06. The minimum Gasteiger partial charge on any atom is -0.326 e. The number of anilines is 2. The fourth-order valence-electron chi connectivity index (χ4n) is 2.76. The largest absolute Gasteiger partial charge is 0.326 e. The van der Waals surface area contributed by atoms with Crippen LogP contribution in [0.2, 0.25) is 0 Å². The molecule has 1 atom stereocenters. The number of carbonyl (C=O) groups excluding carboxylic acids is 1. The summed E-state index contributed by atoms with van der Waals surface area (Å²) in [5.74, 6) is -2.51. The first kappa shape index (κ1) is 19.0. The van der Waals surface area contributed by atoms with E-state index >= 15 is 0 Å². The van der Waals surface area contributed by atoms with Gasteiger partial charge in [0.25, 0.3) is 10.0 Å². The van der Waals surface area contributed by atoms with Crippen LogP contribution in [0.25, 0.3) is 0 Å². The number of rotatable bonds is 5. The SMILES string of the molecule is O=C(Nc1ccc(NS(=O)(=O)c2ccc(F)c(F)c2)cc1)[C@@H]1CC=CCC1. The van der Waals surface area contributed by atoms with Crippen molar-refractivity contribution in [3.63, 3.8) is 0 Å². The van der Waals surface area contributed by atoms with Gasteiger partial charge in [-0.15, -0.1) is 0 Å². The number of nitrogens with one attached hydrogen (secondary N) is 2. The van der Waals surface area contributed by atoms with Crippen LogP contribution < -0.4 is 10.0 Å². The summed E-state index contributed by atoms with van der Waals surface area (Å²) in [6, 6.07) is 8.45. The third-order valence-electron chi connectivity index (χ3n) is 4.25. The summed E-state index contributed by atoms with van der Waals surface area (Å²) in [5.41, 5.74) is 0.781. The van der Waals surface area contributed by atoms with Crippen LogP contribution in [-0.4, -0.2) is 14.3 Å². The Hall–Kier alpha value is -2.74. The number of benzene rings is 2. The zero-order valence-corrected chi connectivity index (χ0v) is 15.1. The third kappa shape index (κ3) is 4.71. The minimum atomic E-state index is -4.06. The first-order valence-corrected chi connectivity index (χ1v) is 9.87. The van der Waals surface area contributed by atoms with Gasteiger partial charge in [0.05, 0.1) is 4.90 Å². The molecule has 2 aromatic carbocycles. The Kier molecular flexibility index (Phi) is 5.55. The topological polar surface area (TPSA) is 75.3 Å². The highest BCUT2D eigenvalue weighted by Crippen LogP contribution is 2.22. The lowest BCUT2D eigenvalue weighted by atomic mass is 9.93. The normalized spacial score (nSPS) is 16.7. The highest BCUT2D eigenvalue weighted by molar-refractivity contribution is 7.92. The molecule has 27 heavy (non-hydrogen) atoms. The van der Waals surface area contributed by atoms with Crippen LogP contribution in [0.1, 0.15) is 19.3 Å². The molecule has 0 radical (unpaired) electrons. The van der Waals surface area contributed by atoms with Crippen LogP contribution in [0.15, 0.2) is 59.5 Å². The van der Waals surface area contributed by atoms with Crippen molar-refractivity contribution in [1.29, 1.82) is 0 Å². The van der Waals surface area contributed by atoms with Crippen molar-refractivity contribution < 1.29 is 22.0 Å². The van der Waals surface area contributed by atoms with E-state index in [4.69, 9.17) is 0 Å². The molecule has 0 aliphatic heterocycles. The van der Waals surface area contributed by atoms with Crippen molar-refractivity contribution in [3.05, 3.63) is 66.3 Å². The van der Waals surface area contributed by atoms with Crippen LogP contribution in [0.4, 0.5) is 20.2 Å². The van der Waals surface area contributed by atoms with Crippen LogP contribution in [0.3, 0.4) is 0 Å². The second kappa shape index (κ2) is 7.87. The Balaban J connectivity index is 1.67. The molecule has 0 aromatic heterocycles. The molecule has 3 rings (SSSR count). The number of carbonyl (C=O) groups is 1. The average Bonchev–Trinajstić information content (AvgIpc) is 2.66. The quantitative estimate of drug-likeness (QED) is 0.754. The molecule has 0 saturated carbocycles. The molecule has 1 aliphatic rings. The Labute approximate surface area is 156 Å². The third-order valence-corrected chi connectivity index (χ3v) is 5.62. The molecule has 0 fully saturated rings. The predicted molar refractivity (Wildman–Crippen MR) is 98.7 cm³/mol. The van der Waals surface area contributed by atoms with E-state index in [-0.39, 0.29) is 22.4 Å². The van der Waals surface area contributed by atoms with Gasteiger partial charge in [0.1, 0.15) is 0 Å². The molecular formula is C19H18F2N2O3S. The molecule has 0 heterocycles. The number of amides is 1. The average molecular weight is 392 g/mol. The number of sulfonamides is 1. The van der Waals surface area contributed by atoms with Gasteiger partial charge in [0.2, 0.25) is 5.91 Å². The monoisotopic (exact) mass is 392 g/mol. The maximum Gasteiger partial charge on any atom is 0.261 e. The highest BCUT2D eigenvalue weighted by Gasteiger charge is 2.19. The molecule has 5 nitrogen and oxygen atoms in total. The lowest BCUT2D eigenvalue weighted by Gasteiger charge is -2.17.